The Kier molecular flexibility index (Phi) is 3.33. The van der Waals surface area contributed by atoms with Gasteiger partial charge < -0.3 is 0 Å². The van der Waals surface area contributed by atoms with Crippen molar-refractivity contribution in [2.45, 2.75) is 13.8 Å². The maximum atomic E-state index is 5.41. The van der Waals surface area contributed by atoms with E-state index in [0.717, 1.165) is 16.0 Å². The van der Waals surface area contributed by atoms with Crippen molar-refractivity contribution in [3.05, 3.63) is 56.8 Å². The number of benzene rings is 1. The fraction of sp³-hybridized carbons (Fsp3) is 0.125. The molecule has 2 aromatic rings. The highest BCUT2D eigenvalue weighted by Crippen LogP contribution is 2.15. The SMILES string of the molecule is C#Cc1ccsc1C#Cc1cc(C)ccc1C. The fourth-order valence-corrected chi connectivity index (χ4v) is 2.22. The zero-order chi connectivity index (χ0) is 12.3. The molecule has 0 radical (unpaired) electrons. The van der Waals surface area contributed by atoms with Crippen molar-refractivity contribution >= 4 is 11.3 Å². The van der Waals surface area contributed by atoms with E-state index in [1.165, 1.54) is 11.1 Å². The van der Waals surface area contributed by atoms with Crippen molar-refractivity contribution in [1.82, 2.24) is 0 Å². The first-order chi connectivity index (χ1) is 8.20. The minimum absolute atomic E-state index is 0.882. The Bertz CT molecular complexity index is 642. The predicted molar refractivity (Wildman–Crippen MR) is 74.2 cm³/mol. The molecule has 0 unspecified atom stereocenters. The van der Waals surface area contributed by atoms with Gasteiger partial charge in [-0.2, -0.15) is 0 Å². The average Bonchev–Trinajstić information content (AvgIpc) is 2.77. The lowest BCUT2D eigenvalue weighted by Gasteiger charge is -1.98. The zero-order valence-electron chi connectivity index (χ0n) is 9.87. The molecule has 1 aromatic carbocycles. The summed E-state index contributed by atoms with van der Waals surface area (Å²) in [4.78, 5) is 0.966. The second-order valence-corrected chi connectivity index (χ2v) is 4.79. The summed E-state index contributed by atoms with van der Waals surface area (Å²) in [6.45, 7) is 4.14. The van der Waals surface area contributed by atoms with Crippen LogP contribution in [0, 0.1) is 38.0 Å². The van der Waals surface area contributed by atoms with Gasteiger partial charge in [-0.1, -0.05) is 24.0 Å². The molecule has 0 nitrogen and oxygen atoms in total. The van der Waals surface area contributed by atoms with Crippen LogP contribution in [0.15, 0.2) is 29.6 Å². The molecule has 0 spiro atoms. The summed E-state index contributed by atoms with van der Waals surface area (Å²) in [6.07, 6.45) is 5.41. The van der Waals surface area contributed by atoms with Crippen LogP contribution < -0.4 is 0 Å². The molecule has 82 valence electrons. The van der Waals surface area contributed by atoms with Crippen LogP contribution in [0.2, 0.25) is 0 Å². The van der Waals surface area contributed by atoms with Gasteiger partial charge in [0.15, 0.2) is 0 Å². The largest absolute Gasteiger partial charge is 0.134 e. The normalized spacial score (nSPS) is 9.24. The summed E-state index contributed by atoms with van der Waals surface area (Å²) in [5.74, 6) is 9.00. The van der Waals surface area contributed by atoms with Crippen LogP contribution in [-0.2, 0) is 0 Å². The highest BCUT2D eigenvalue weighted by Gasteiger charge is 1.98. The van der Waals surface area contributed by atoms with Crippen LogP contribution in [0.5, 0.6) is 0 Å². The van der Waals surface area contributed by atoms with Gasteiger partial charge in [-0.3, -0.25) is 0 Å². The van der Waals surface area contributed by atoms with Crippen molar-refractivity contribution in [2.75, 3.05) is 0 Å². The van der Waals surface area contributed by atoms with Gasteiger partial charge >= 0.3 is 0 Å². The third-order valence-corrected chi connectivity index (χ3v) is 3.35. The molecule has 0 saturated heterocycles. The maximum Gasteiger partial charge on any atom is 0.0928 e. The summed E-state index contributed by atoms with van der Waals surface area (Å²) in [5, 5.41) is 1.97. The molecular weight excluding hydrogens is 224 g/mol. The van der Waals surface area contributed by atoms with Gasteiger partial charge in [0.05, 0.1) is 10.4 Å². The van der Waals surface area contributed by atoms with E-state index in [9.17, 15) is 0 Å². The molecule has 0 atom stereocenters. The maximum absolute atomic E-state index is 5.41. The molecule has 0 aliphatic heterocycles. The van der Waals surface area contributed by atoms with Crippen molar-refractivity contribution in [2.24, 2.45) is 0 Å². The highest BCUT2D eigenvalue weighted by atomic mass is 32.1. The monoisotopic (exact) mass is 236 g/mol. The molecule has 1 aromatic heterocycles. The Labute approximate surface area is 106 Å². The number of terminal acetylenes is 1. The van der Waals surface area contributed by atoms with Gasteiger partial charge in [0, 0.05) is 5.56 Å². The Morgan fingerprint density at radius 1 is 1.06 bits per heavy atom. The number of rotatable bonds is 0. The fourth-order valence-electron chi connectivity index (χ4n) is 1.51. The molecule has 0 aliphatic carbocycles. The minimum Gasteiger partial charge on any atom is -0.134 e. The minimum atomic E-state index is 0.882. The molecular formula is C16H12S. The quantitative estimate of drug-likeness (QED) is 0.611. The summed E-state index contributed by atoms with van der Waals surface area (Å²) >= 11 is 1.59. The van der Waals surface area contributed by atoms with Gasteiger partial charge in [-0.25, -0.2) is 0 Å². The lowest BCUT2D eigenvalue weighted by Crippen LogP contribution is -1.83. The van der Waals surface area contributed by atoms with Crippen LogP contribution >= 0.6 is 11.3 Å². The Balaban J connectivity index is 2.40. The summed E-state index contributed by atoms with van der Waals surface area (Å²) < 4.78 is 0. The van der Waals surface area contributed by atoms with E-state index < -0.39 is 0 Å². The summed E-state index contributed by atoms with van der Waals surface area (Å²) in [7, 11) is 0. The van der Waals surface area contributed by atoms with Gasteiger partial charge in [-0.05, 0) is 48.4 Å². The second kappa shape index (κ2) is 4.91. The molecule has 0 N–H and O–H groups in total. The Morgan fingerprint density at radius 3 is 2.65 bits per heavy atom. The highest BCUT2D eigenvalue weighted by molar-refractivity contribution is 7.10. The van der Waals surface area contributed by atoms with E-state index in [1.54, 1.807) is 11.3 Å². The number of thiophene rings is 1. The summed E-state index contributed by atoms with van der Waals surface area (Å²) in [5.41, 5.74) is 4.37. The van der Waals surface area contributed by atoms with E-state index in [0.29, 0.717) is 0 Å². The lowest BCUT2D eigenvalue weighted by molar-refractivity contribution is 1.37. The van der Waals surface area contributed by atoms with Crippen molar-refractivity contribution < 1.29 is 0 Å². The average molecular weight is 236 g/mol. The van der Waals surface area contributed by atoms with Crippen molar-refractivity contribution in [3.63, 3.8) is 0 Å². The molecule has 0 fully saturated rings. The third kappa shape index (κ3) is 2.59. The van der Waals surface area contributed by atoms with Gasteiger partial charge in [0.25, 0.3) is 0 Å². The van der Waals surface area contributed by atoms with E-state index in [1.807, 2.05) is 11.4 Å². The first-order valence-electron chi connectivity index (χ1n) is 5.34. The molecule has 17 heavy (non-hydrogen) atoms. The standard InChI is InChI=1S/C16H12S/c1-4-14-9-10-17-16(14)8-7-15-11-12(2)5-6-13(15)3/h1,5-6,9-11H,2-3H3. The van der Waals surface area contributed by atoms with Crippen LogP contribution in [0.4, 0.5) is 0 Å². The van der Waals surface area contributed by atoms with E-state index in [2.05, 4.69) is 49.8 Å². The van der Waals surface area contributed by atoms with E-state index in [4.69, 9.17) is 6.42 Å². The topological polar surface area (TPSA) is 0 Å². The molecule has 1 heteroatoms. The number of hydrogen-bond donors (Lipinski definition) is 0. The van der Waals surface area contributed by atoms with Crippen LogP contribution in [-0.4, -0.2) is 0 Å². The van der Waals surface area contributed by atoms with Crippen molar-refractivity contribution in [1.29, 1.82) is 0 Å². The molecule has 0 saturated carbocycles. The van der Waals surface area contributed by atoms with Crippen molar-refractivity contribution in [3.8, 4) is 24.2 Å². The molecule has 0 bridgehead atoms. The number of aryl methyl sites for hydroxylation is 2. The molecule has 0 amide bonds. The van der Waals surface area contributed by atoms with Gasteiger partial charge in [-0.15, -0.1) is 17.8 Å². The Hall–Kier alpha value is -1.96. The van der Waals surface area contributed by atoms with Crippen LogP contribution in [0.25, 0.3) is 0 Å². The Morgan fingerprint density at radius 2 is 1.88 bits per heavy atom. The summed E-state index contributed by atoms with van der Waals surface area (Å²) in [6, 6.07) is 8.22. The smallest absolute Gasteiger partial charge is 0.0928 e. The molecule has 1 heterocycles. The van der Waals surface area contributed by atoms with E-state index >= 15 is 0 Å². The van der Waals surface area contributed by atoms with Gasteiger partial charge in [0.2, 0.25) is 0 Å². The second-order valence-electron chi connectivity index (χ2n) is 3.88. The molecule has 2 rings (SSSR count). The van der Waals surface area contributed by atoms with Gasteiger partial charge in [0.1, 0.15) is 0 Å². The van der Waals surface area contributed by atoms with E-state index in [-0.39, 0.29) is 0 Å². The van der Waals surface area contributed by atoms with Crippen LogP contribution in [0.3, 0.4) is 0 Å². The molecule has 0 aliphatic rings. The predicted octanol–water partition coefficient (Wildman–Crippen LogP) is 3.75. The number of hydrogen-bond acceptors (Lipinski definition) is 1. The third-order valence-electron chi connectivity index (χ3n) is 2.52. The zero-order valence-corrected chi connectivity index (χ0v) is 10.7. The first kappa shape index (κ1) is 11.5. The lowest BCUT2D eigenvalue weighted by atomic mass is 10.1. The van der Waals surface area contributed by atoms with Crippen LogP contribution in [0.1, 0.15) is 27.1 Å². The first-order valence-corrected chi connectivity index (χ1v) is 6.22.